The molecule has 0 rings (SSSR count). The van der Waals surface area contributed by atoms with Gasteiger partial charge in [-0.25, -0.2) is 4.79 Å². The molecule has 9 N–H and O–H groups in total. The van der Waals surface area contributed by atoms with Gasteiger partial charge in [-0.2, -0.15) is 0 Å². The molecule has 0 spiro atoms. The van der Waals surface area contributed by atoms with Crippen LogP contribution in [-0.4, -0.2) is 71.1 Å². The van der Waals surface area contributed by atoms with Crippen LogP contribution in [0.4, 0.5) is 0 Å². The molecule has 0 saturated heterocycles. The van der Waals surface area contributed by atoms with Crippen LogP contribution in [0.1, 0.15) is 46.0 Å². The van der Waals surface area contributed by atoms with Gasteiger partial charge in [-0.3, -0.25) is 19.2 Å². The molecule has 3 atom stereocenters. The van der Waals surface area contributed by atoms with E-state index in [0.717, 1.165) is 0 Å². The third-order valence-corrected chi connectivity index (χ3v) is 4.08. The number of unbranched alkanes of at least 4 members (excludes halogenated alkanes) is 1. The van der Waals surface area contributed by atoms with E-state index in [9.17, 15) is 24.0 Å². The maximum atomic E-state index is 12.3. The smallest absolute Gasteiger partial charge is 0.326 e. The molecule has 12 nitrogen and oxygen atoms in total. The van der Waals surface area contributed by atoms with Crippen molar-refractivity contribution in [2.75, 3.05) is 13.1 Å². The molecule has 3 unspecified atom stereocenters. The van der Waals surface area contributed by atoms with Gasteiger partial charge in [-0.1, -0.05) is 20.3 Å². The van der Waals surface area contributed by atoms with Crippen LogP contribution >= 0.6 is 0 Å². The number of aliphatic carboxylic acids is 2. The minimum absolute atomic E-state index is 0.0187. The molecule has 0 aliphatic carbocycles. The zero-order chi connectivity index (χ0) is 23.3. The van der Waals surface area contributed by atoms with Crippen LogP contribution in [0.2, 0.25) is 0 Å². The fraction of sp³-hybridized carbons (Fsp3) is 0.722. The predicted octanol–water partition coefficient (Wildman–Crippen LogP) is -1.87. The number of carboxylic acid groups (broad SMARTS) is 2. The normalized spacial score (nSPS) is 13.8. The Hall–Kier alpha value is -2.73. The summed E-state index contributed by atoms with van der Waals surface area (Å²) in [5, 5.41) is 24.9. The monoisotopic (exact) mass is 431 g/mol. The van der Waals surface area contributed by atoms with E-state index in [1.54, 1.807) is 13.8 Å². The topological polar surface area (TPSA) is 214 Å². The first-order valence-electron chi connectivity index (χ1n) is 9.75. The molecule has 0 aliphatic heterocycles. The molecule has 0 aromatic rings. The number of amides is 3. The maximum absolute atomic E-state index is 12.3. The van der Waals surface area contributed by atoms with Gasteiger partial charge < -0.3 is 37.6 Å². The molecule has 0 heterocycles. The Morgan fingerprint density at radius 1 is 0.933 bits per heavy atom. The summed E-state index contributed by atoms with van der Waals surface area (Å²) in [5.41, 5.74) is 11.1. The fourth-order valence-corrected chi connectivity index (χ4v) is 2.53. The van der Waals surface area contributed by atoms with Crippen LogP contribution < -0.4 is 27.4 Å². The largest absolute Gasteiger partial charge is 0.481 e. The highest BCUT2D eigenvalue weighted by atomic mass is 16.4. The first-order valence-corrected chi connectivity index (χ1v) is 9.75. The van der Waals surface area contributed by atoms with Gasteiger partial charge in [-0.05, 0) is 31.7 Å². The number of hydrogen-bond donors (Lipinski definition) is 7. The zero-order valence-electron chi connectivity index (χ0n) is 17.3. The Kier molecular flexibility index (Phi) is 13.0. The first kappa shape index (κ1) is 27.3. The van der Waals surface area contributed by atoms with Crippen LogP contribution in [0.15, 0.2) is 0 Å². The molecule has 0 saturated carbocycles. The second-order valence-corrected chi connectivity index (χ2v) is 7.36. The molecule has 12 heteroatoms. The highest BCUT2D eigenvalue weighted by molar-refractivity contribution is 5.94. The van der Waals surface area contributed by atoms with E-state index in [1.807, 2.05) is 0 Å². The molecule has 0 radical (unpaired) electrons. The number of rotatable bonds is 15. The van der Waals surface area contributed by atoms with Gasteiger partial charge in [0.25, 0.3) is 0 Å². The summed E-state index contributed by atoms with van der Waals surface area (Å²) in [6.45, 7) is 3.46. The fourth-order valence-electron chi connectivity index (χ4n) is 2.53. The number of nitrogens with two attached hydrogens (primary N) is 2. The van der Waals surface area contributed by atoms with Gasteiger partial charge in [0.2, 0.25) is 17.7 Å². The molecule has 0 fully saturated rings. The molecule has 3 amide bonds. The van der Waals surface area contributed by atoms with Crippen molar-refractivity contribution in [2.24, 2.45) is 17.4 Å². The minimum atomic E-state index is -1.44. The van der Waals surface area contributed by atoms with Crippen LogP contribution in [-0.2, 0) is 24.0 Å². The Morgan fingerprint density at radius 2 is 1.57 bits per heavy atom. The van der Waals surface area contributed by atoms with Crippen molar-refractivity contribution in [3.05, 3.63) is 0 Å². The Bertz CT molecular complexity index is 612. The van der Waals surface area contributed by atoms with Gasteiger partial charge in [0, 0.05) is 0 Å². The number of carboxylic acids is 2. The van der Waals surface area contributed by atoms with Gasteiger partial charge in [0.1, 0.15) is 12.1 Å². The lowest BCUT2D eigenvalue weighted by molar-refractivity contribution is -0.143. The van der Waals surface area contributed by atoms with Crippen LogP contribution in [0, 0.1) is 5.92 Å². The molecule has 0 aliphatic rings. The van der Waals surface area contributed by atoms with E-state index in [0.29, 0.717) is 25.8 Å². The number of hydrogen-bond acceptors (Lipinski definition) is 7. The van der Waals surface area contributed by atoms with Gasteiger partial charge in [-0.15, -0.1) is 0 Å². The second kappa shape index (κ2) is 14.3. The quantitative estimate of drug-likeness (QED) is 0.144. The van der Waals surface area contributed by atoms with E-state index in [1.165, 1.54) is 0 Å². The lowest BCUT2D eigenvalue weighted by Crippen LogP contribution is -2.54. The van der Waals surface area contributed by atoms with Gasteiger partial charge >= 0.3 is 11.9 Å². The molecule has 30 heavy (non-hydrogen) atoms. The summed E-state index contributed by atoms with van der Waals surface area (Å²) in [5.74, 6) is -4.87. The zero-order valence-corrected chi connectivity index (χ0v) is 17.3. The van der Waals surface area contributed by atoms with E-state index < -0.39 is 60.8 Å². The Labute approximate surface area is 175 Å². The van der Waals surface area contributed by atoms with Crippen molar-refractivity contribution in [1.82, 2.24) is 16.0 Å². The van der Waals surface area contributed by atoms with E-state index >= 15 is 0 Å². The van der Waals surface area contributed by atoms with Crippen molar-refractivity contribution in [1.29, 1.82) is 0 Å². The molecule has 0 aromatic carbocycles. The molecule has 172 valence electrons. The van der Waals surface area contributed by atoms with Gasteiger partial charge in [0.15, 0.2) is 0 Å². The summed E-state index contributed by atoms with van der Waals surface area (Å²) < 4.78 is 0. The highest BCUT2D eigenvalue weighted by Crippen LogP contribution is 2.05. The highest BCUT2D eigenvalue weighted by Gasteiger charge is 2.27. The summed E-state index contributed by atoms with van der Waals surface area (Å²) >= 11 is 0. The van der Waals surface area contributed by atoms with Crippen molar-refractivity contribution < 1.29 is 34.2 Å². The molecular formula is C18H33N5O7. The standard InChI is InChI=1S/C18H33N5O7/c1-10(2)7-13(18(29)30)22-14(24)9-21-17(28)12(8-15(25)26)23-16(27)11(20)5-3-4-6-19/h10-13H,3-9,19-20H2,1-2H3,(H,21,28)(H,22,24)(H,23,27)(H,25,26)(H,29,30). The number of nitrogens with one attached hydrogen (secondary N) is 3. The Balaban J connectivity index is 4.79. The van der Waals surface area contributed by atoms with E-state index in [4.69, 9.17) is 21.7 Å². The summed E-state index contributed by atoms with van der Waals surface area (Å²) in [4.78, 5) is 58.5. The first-order chi connectivity index (χ1) is 14.0. The third kappa shape index (κ3) is 12.0. The minimum Gasteiger partial charge on any atom is -0.481 e. The lowest BCUT2D eigenvalue weighted by Gasteiger charge is -2.20. The predicted molar refractivity (Wildman–Crippen MR) is 107 cm³/mol. The molecule has 0 bridgehead atoms. The van der Waals surface area contributed by atoms with Crippen molar-refractivity contribution in [3.63, 3.8) is 0 Å². The van der Waals surface area contributed by atoms with Crippen molar-refractivity contribution in [3.8, 4) is 0 Å². The summed E-state index contributed by atoms with van der Waals surface area (Å²) in [7, 11) is 0. The average molecular weight is 431 g/mol. The summed E-state index contributed by atoms with van der Waals surface area (Å²) in [6.07, 6.45) is 1.08. The number of carbonyl (C=O) groups is 5. The second-order valence-electron chi connectivity index (χ2n) is 7.36. The van der Waals surface area contributed by atoms with E-state index in [-0.39, 0.29) is 12.3 Å². The van der Waals surface area contributed by atoms with E-state index in [2.05, 4.69) is 16.0 Å². The number of carbonyl (C=O) groups excluding carboxylic acids is 3. The van der Waals surface area contributed by atoms with Crippen LogP contribution in [0.3, 0.4) is 0 Å². The summed E-state index contributed by atoms with van der Waals surface area (Å²) in [6, 6.07) is -3.49. The lowest BCUT2D eigenvalue weighted by atomic mass is 10.0. The van der Waals surface area contributed by atoms with Crippen molar-refractivity contribution >= 4 is 29.7 Å². The SMILES string of the molecule is CC(C)CC(NC(=O)CNC(=O)C(CC(=O)O)NC(=O)C(N)CCCCN)C(=O)O. The molecular weight excluding hydrogens is 398 g/mol. The van der Waals surface area contributed by atoms with Crippen LogP contribution in [0.25, 0.3) is 0 Å². The maximum Gasteiger partial charge on any atom is 0.326 e. The van der Waals surface area contributed by atoms with Gasteiger partial charge in [0.05, 0.1) is 19.0 Å². The van der Waals surface area contributed by atoms with Crippen LogP contribution in [0.5, 0.6) is 0 Å². The molecule has 0 aromatic heterocycles. The average Bonchev–Trinajstić information content (AvgIpc) is 2.64. The van der Waals surface area contributed by atoms with Crippen molar-refractivity contribution in [2.45, 2.75) is 64.1 Å². The third-order valence-electron chi connectivity index (χ3n) is 4.08. The Morgan fingerprint density at radius 3 is 2.07 bits per heavy atom.